The fraction of sp³-hybridized carbons (Fsp3) is 0.151. The smallest absolute Gasteiger partial charge is 0.498 e. The quantitative estimate of drug-likeness (QED) is 0.115. The maximum absolute atomic E-state index is 14.7. The van der Waals surface area contributed by atoms with Gasteiger partial charge >= 0.3 is 20.1 Å². The second-order valence-electron chi connectivity index (χ2n) is 13.6. The zero-order valence-electron chi connectivity index (χ0n) is 43.7. The Kier molecular flexibility index (Phi) is 8.33. The van der Waals surface area contributed by atoms with Crippen LogP contribution in [0.3, 0.4) is 0 Å². The van der Waals surface area contributed by atoms with Crippen LogP contribution in [0.1, 0.15) is 61.0 Å². The van der Waals surface area contributed by atoms with Crippen molar-refractivity contribution >= 4 is 21.9 Å². The molecule has 0 aliphatic heterocycles. The van der Waals surface area contributed by atoms with E-state index in [1.807, 2.05) is 0 Å². The number of pyridine rings is 3. The van der Waals surface area contributed by atoms with Gasteiger partial charge in [0.25, 0.3) is 0 Å². The maximum Gasteiger partial charge on any atom is 3.00 e. The van der Waals surface area contributed by atoms with Crippen molar-refractivity contribution in [3.8, 4) is 33.8 Å². The molecule has 0 aliphatic rings. The number of para-hydroxylation sites is 1. The van der Waals surface area contributed by atoms with Crippen molar-refractivity contribution < 1.29 is 45.4 Å². The van der Waals surface area contributed by atoms with Gasteiger partial charge in [-0.05, 0) is 109 Å². The van der Waals surface area contributed by atoms with Gasteiger partial charge < -0.3 is 19.4 Å². The predicted octanol–water partition coefficient (Wildman–Crippen LogP) is 12.3. The monoisotopic (exact) mass is 959 g/mol. The van der Waals surface area contributed by atoms with Gasteiger partial charge in [-0.1, -0.05) is 76.7 Å². The van der Waals surface area contributed by atoms with Gasteiger partial charge in [0.1, 0.15) is 0 Å². The van der Waals surface area contributed by atoms with Crippen LogP contribution in [0.4, 0.5) is 4.39 Å². The molecular weight excluding hydrogens is 906 g/mol. The van der Waals surface area contributed by atoms with Gasteiger partial charge in [-0.25, -0.2) is 4.39 Å². The van der Waals surface area contributed by atoms with Crippen molar-refractivity contribution in [1.82, 2.24) is 15.0 Å². The molecule has 9 rings (SSSR count). The van der Waals surface area contributed by atoms with Crippen LogP contribution < -0.4 is 0 Å². The molecule has 5 aromatic carbocycles. The van der Waals surface area contributed by atoms with Crippen molar-refractivity contribution in [2.75, 3.05) is 0 Å². The SMILES string of the molecule is [2H]C([2H])(c1ccc(-c2[c-]ccc3c2oc2c(F)cccc23)nc1)C([2H])([2H])c1cc(C([2H])([2H])C([2H])([2H])c2cnc(-c3[c-]cccc3)cc2C)cc(C([2H])([2H])C([2H])([2H])c2cnc(-c3[c-]cccc3)cc2C)c1.[Ir+3]. The van der Waals surface area contributed by atoms with Crippen LogP contribution in [0.25, 0.3) is 55.7 Å². The Morgan fingerprint density at radius 1 is 0.525 bits per heavy atom. The molecule has 0 fully saturated rings. The Bertz CT molecular complexity index is 3310. The van der Waals surface area contributed by atoms with Crippen LogP contribution >= 0.6 is 0 Å². The molecule has 0 saturated carbocycles. The molecule has 6 heteroatoms. The van der Waals surface area contributed by atoms with E-state index in [0.717, 1.165) is 24.4 Å². The number of furan rings is 1. The Balaban J connectivity index is 0.00000676. The summed E-state index contributed by atoms with van der Waals surface area (Å²) >= 11 is 0. The first kappa shape index (κ1) is 27.6. The third-order valence-corrected chi connectivity index (χ3v) is 9.59. The maximum atomic E-state index is 14.7. The van der Waals surface area contributed by atoms with Crippen molar-refractivity contribution in [1.29, 1.82) is 0 Å². The molecule has 0 N–H and O–H groups in total. The Hall–Kier alpha value is -6.07. The largest absolute Gasteiger partial charge is 3.00 e. The summed E-state index contributed by atoms with van der Waals surface area (Å²) < 4.78 is 134. The molecule has 9 aromatic rings. The van der Waals surface area contributed by atoms with Crippen LogP contribution in [0.15, 0.2) is 144 Å². The fourth-order valence-electron chi connectivity index (χ4n) is 6.58. The third-order valence-electron chi connectivity index (χ3n) is 9.59. The average Bonchev–Trinajstić information content (AvgIpc) is 3.74. The molecule has 0 spiro atoms. The summed E-state index contributed by atoms with van der Waals surface area (Å²) in [6.07, 6.45) is -14.7. The van der Waals surface area contributed by atoms with Gasteiger partial charge in [-0.3, -0.25) is 0 Å². The molecule has 0 unspecified atom stereocenters. The van der Waals surface area contributed by atoms with E-state index in [0.29, 0.717) is 50.0 Å². The number of rotatable bonds is 12. The molecule has 0 atom stereocenters. The number of benzene rings is 5. The number of hydrogen-bond acceptors (Lipinski definition) is 4. The summed E-state index contributed by atoms with van der Waals surface area (Å²) in [4.78, 5) is 13.3. The van der Waals surface area contributed by atoms with Gasteiger partial charge in [-0.15, -0.1) is 90.0 Å². The Labute approximate surface area is 375 Å². The predicted molar refractivity (Wildman–Crippen MR) is 231 cm³/mol. The van der Waals surface area contributed by atoms with Crippen LogP contribution in [0.2, 0.25) is 0 Å². The molecule has 290 valence electrons. The second kappa shape index (κ2) is 17.8. The van der Waals surface area contributed by atoms with Crippen LogP contribution in [-0.2, 0) is 58.3 Å². The van der Waals surface area contributed by atoms with Gasteiger partial charge in [0.2, 0.25) is 0 Å². The van der Waals surface area contributed by atoms with Gasteiger partial charge in [-0.2, -0.15) is 0 Å². The number of halogens is 1. The topological polar surface area (TPSA) is 51.8 Å². The van der Waals surface area contributed by atoms with Crippen LogP contribution in [0.5, 0.6) is 0 Å². The number of fused-ring (bicyclic) bond motifs is 3. The molecule has 0 bridgehead atoms. The van der Waals surface area contributed by atoms with Gasteiger partial charge in [0.05, 0.1) is 5.58 Å². The minimum absolute atomic E-state index is 0. The molecule has 0 aliphatic carbocycles. The molecule has 0 radical (unpaired) electrons. The van der Waals surface area contributed by atoms with Crippen LogP contribution in [-0.4, -0.2) is 15.0 Å². The molecule has 0 amide bonds. The van der Waals surface area contributed by atoms with Crippen molar-refractivity contribution in [2.24, 2.45) is 0 Å². The summed E-state index contributed by atoms with van der Waals surface area (Å²) in [5.74, 6) is -0.564. The molecular formula is C53H41FIrN3O. The van der Waals surface area contributed by atoms with E-state index >= 15 is 0 Å². The third kappa shape index (κ3) is 8.85. The second-order valence-corrected chi connectivity index (χ2v) is 13.6. The summed E-state index contributed by atoms with van der Waals surface area (Å²) in [5.41, 5.74) is 1.31. The van der Waals surface area contributed by atoms with Gasteiger partial charge in [0.15, 0.2) is 11.4 Å². The number of aryl methyl sites for hydroxylation is 8. The van der Waals surface area contributed by atoms with Crippen molar-refractivity contribution in [3.05, 3.63) is 208 Å². The molecule has 59 heavy (non-hydrogen) atoms. The van der Waals surface area contributed by atoms with Crippen molar-refractivity contribution in [2.45, 2.75) is 52.1 Å². The first-order chi connectivity index (χ1) is 33.0. The number of hydrogen-bond donors (Lipinski definition) is 0. The summed E-state index contributed by atoms with van der Waals surface area (Å²) in [6, 6.07) is 39.9. The zero-order chi connectivity index (χ0) is 50.2. The molecule has 4 heterocycles. The van der Waals surface area contributed by atoms with E-state index in [-0.39, 0.29) is 53.7 Å². The first-order valence-corrected chi connectivity index (χ1v) is 18.5. The standard InChI is InChI=1S/C53H41FN3O.Ir/c1-35-27-50(41-11-5-3-6-12-41)56-33-43(35)24-21-39-29-38(30-40(31-39)22-25-44-34-57-51(28-36(44)2)42-13-7-4-8-14-42)20-19-37-23-26-49(55-32-37)47-17-9-15-45-46-16-10-18-48(54)53(46)58-52(45)47;/h3-11,13,15-16,18,23,26-34H,19-22,24-25H2,1-2H3;/q-3;+3/i19D2,20D2,21D2,22D2,24D2,25D2;. The molecule has 4 aromatic heterocycles. The van der Waals surface area contributed by atoms with E-state index in [4.69, 9.17) is 4.42 Å². The summed E-state index contributed by atoms with van der Waals surface area (Å²) in [6.45, 7) is 3.18. The molecule has 0 saturated heterocycles. The summed E-state index contributed by atoms with van der Waals surface area (Å²) in [5, 5.41) is 1.12. The van der Waals surface area contributed by atoms with E-state index in [2.05, 4.69) is 33.2 Å². The first-order valence-electron chi connectivity index (χ1n) is 24.5. The van der Waals surface area contributed by atoms with Crippen molar-refractivity contribution in [3.63, 3.8) is 0 Å². The zero-order valence-corrected chi connectivity index (χ0v) is 34.1. The minimum Gasteiger partial charge on any atom is -0.498 e. The Morgan fingerprint density at radius 2 is 1.08 bits per heavy atom. The number of nitrogens with zero attached hydrogens (tertiary/aromatic N) is 3. The minimum atomic E-state index is -3.15. The fourth-order valence-corrected chi connectivity index (χ4v) is 6.58. The average molecular weight is 959 g/mol. The van der Waals surface area contributed by atoms with Crippen LogP contribution in [0, 0.1) is 37.9 Å². The van der Waals surface area contributed by atoms with E-state index in [1.165, 1.54) is 30.6 Å². The van der Waals surface area contributed by atoms with E-state index < -0.39 is 60.7 Å². The molecule has 4 nitrogen and oxygen atoms in total. The Morgan fingerprint density at radius 3 is 1.63 bits per heavy atom. The normalized spacial score (nSPS) is 15.7. The number of aromatic nitrogens is 3. The summed E-state index contributed by atoms with van der Waals surface area (Å²) in [7, 11) is 0. The van der Waals surface area contributed by atoms with E-state index in [1.54, 1.807) is 98.8 Å². The van der Waals surface area contributed by atoms with Gasteiger partial charge in [0, 0.05) is 40.4 Å². The van der Waals surface area contributed by atoms with E-state index in [9.17, 15) is 20.8 Å².